The van der Waals surface area contributed by atoms with E-state index in [1.807, 2.05) is 23.6 Å². The van der Waals surface area contributed by atoms with Crippen LogP contribution in [0.4, 0.5) is 5.69 Å². The highest BCUT2D eigenvalue weighted by Crippen LogP contribution is 2.21. The first-order chi connectivity index (χ1) is 12.2. The fraction of sp³-hybridized carbons (Fsp3) is 0.111. The molecule has 0 unspecified atom stereocenters. The third kappa shape index (κ3) is 4.07. The number of hydrogen-bond donors (Lipinski definition) is 1. The van der Waals surface area contributed by atoms with Crippen molar-refractivity contribution in [1.82, 2.24) is 4.98 Å². The van der Waals surface area contributed by atoms with Crippen LogP contribution in [0.15, 0.2) is 60.4 Å². The summed E-state index contributed by atoms with van der Waals surface area (Å²) in [4.78, 5) is 29.4. The number of nitrogens with one attached hydrogen (secondary N) is 1. The van der Waals surface area contributed by atoms with Crippen LogP contribution in [-0.4, -0.2) is 24.0 Å². The summed E-state index contributed by atoms with van der Waals surface area (Å²) in [6, 6.07) is 12.5. The van der Waals surface area contributed by atoms with Crippen LogP contribution in [0.3, 0.4) is 0 Å². The molecule has 2 aromatic heterocycles. The minimum atomic E-state index is -0.495. The third-order valence-corrected chi connectivity index (χ3v) is 4.37. The zero-order valence-corrected chi connectivity index (χ0v) is 14.3. The smallest absolute Gasteiger partial charge is 0.339 e. The van der Waals surface area contributed by atoms with Gasteiger partial charge in [-0.3, -0.25) is 4.79 Å². The van der Waals surface area contributed by atoms with Crippen molar-refractivity contribution < 1.29 is 18.9 Å². The molecule has 0 aliphatic heterocycles. The van der Waals surface area contributed by atoms with Crippen molar-refractivity contribution in [2.45, 2.75) is 6.54 Å². The fourth-order valence-corrected chi connectivity index (χ4v) is 2.99. The van der Waals surface area contributed by atoms with Gasteiger partial charge in [0, 0.05) is 6.07 Å². The molecule has 7 heteroatoms. The van der Waals surface area contributed by atoms with Crippen molar-refractivity contribution in [3.63, 3.8) is 0 Å². The number of esters is 1. The first-order valence-corrected chi connectivity index (χ1v) is 8.41. The second kappa shape index (κ2) is 7.67. The molecule has 0 saturated carbocycles. The molecular formula is C18H16N3O3S+. The summed E-state index contributed by atoms with van der Waals surface area (Å²) in [5.74, 6) is -0.752. The average molecular weight is 354 g/mol. The van der Waals surface area contributed by atoms with Crippen molar-refractivity contribution in [1.29, 1.82) is 0 Å². The summed E-state index contributed by atoms with van der Waals surface area (Å²) in [5, 5.41) is 4.72. The van der Waals surface area contributed by atoms with Gasteiger partial charge in [0.05, 0.1) is 29.4 Å². The maximum absolute atomic E-state index is 12.2. The van der Waals surface area contributed by atoms with Gasteiger partial charge in [0.2, 0.25) is 0 Å². The molecule has 126 valence electrons. The standard InChI is InChI=1S/C18H15N3O3S/c1-24-18(23)13-5-2-3-6-14(13)20-17(22)11-21-9-8-15(19-12-21)16-7-4-10-25-16/h2-10,12H,11H2,1H3/p+1. The lowest BCUT2D eigenvalue weighted by atomic mass is 10.2. The molecule has 0 bridgehead atoms. The Balaban J connectivity index is 1.68. The molecule has 0 atom stereocenters. The number of para-hydroxylation sites is 1. The zero-order valence-electron chi connectivity index (χ0n) is 13.5. The second-order valence-electron chi connectivity index (χ2n) is 5.18. The Kier molecular flexibility index (Phi) is 5.15. The third-order valence-electron chi connectivity index (χ3n) is 3.48. The normalized spacial score (nSPS) is 10.3. The first-order valence-electron chi connectivity index (χ1n) is 7.53. The molecular weight excluding hydrogens is 338 g/mol. The van der Waals surface area contributed by atoms with Crippen molar-refractivity contribution in [3.8, 4) is 10.6 Å². The molecule has 0 fully saturated rings. The Morgan fingerprint density at radius 1 is 1.20 bits per heavy atom. The lowest BCUT2D eigenvalue weighted by molar-refractivity contribution is -0.686. The van der Waals surface area contributed by atoms with E-state index in [9.17, 15) is 9.59 Å². The number of amides is 1. The van der Waals surface area contributed by atoms with E-state index in [-0.39, 0.29) is 12.5 Å². The molecule has 0 spiro atoms. The van der Waals surface area contributed by atoms with Crippen LogP contribution in [0.5, 0.6) is 0 Å². The van der Waals surface area contributed by atoms with Gasteiger partial charge in [-0.1, -0.05) is 18.2 Å². The largest absolute Gasteiger partial charge is 0.465 e. The van der Waals surface area contributed by atoms with Crippen molar-refractivity contribution in [2.24, 2.45) is 0 Å². The summed E-state index contributed by atoms with van der Waals surface area (Å²) < 4.78 is 6.39. The minimum Gasteiger partial charge on any atom is -0.465 e. The maximum Gasteiger partial charge on any atom is 0.339 e. The van der Waals surface area contributed by atoms with E-state index in [2.05, 4.69) is 10.3 Å². The number of nitrogens with zero attached hydrogens (tertiary/aromatic N) is 2. The Morgan fingerprint density at radius 3 is 2.72 bits per heavy atom. The number of ether oxygens (including phenoxy) is 1. The van der Waals surface area contributed by atoms with Crippen LogP contribution >= 0.6 is 11.3 Å². The molecule has 3 aromatic rings. The summed E-state index contributed by atoms with van der Waals surface area (Å²) in [7, 11) is 1.30. The predicted molar refractivity (Wildman–Crippen MR) is 94.2 cm³/mol. The van der Waals surface area contributed by atoms with E-state index in [0.717, 1.165) is 10.6 Å². The molecule has 25 heavy (non-hydrogen) atoms. The van der Waals surface area contributed by atoms with Gasteiger partial charge < -0.3 is 10.1 Å². The predicted octanol–water partition coefficient (Wildman–Crippen LogP) is 2.52. The quantitative estimate of drug-likeness (QED) is 0.564. The Bertz CT molecular complexity index is 877. The Morgan fingerprint density at radius 2 is 2.04 bits per heavy atom. The SMILES string of the molecule is COC(=O)c1ccccc1NC(=O)C[n+]1ccc(-c2cccs2)nc1. The van der Waals surface area contributed by atoms with Gasteiger partial charge in [0.15, 0.2) is 12.2 Å². The average Bonchev–Trinajstić information content (AvgIpc) is 3.17. The first kappa shape index (κ1) is 16.8. The number of hydrogen-bond acceptors (Lipinski definition) is 5. The number of aromatic nitrogens is 2. The lowest BCUT2D eigenvalue weighted by Gasteiger charge is -2.08. The van der Waals surface area contributed by atoms with Gasteiger partial charge >= 0.3 is 5.97 Å². The van der Waals surface area contributed by atoms with Crippen LogP contribution < -0.4 is 9.88 Å². The summed E-state index contributed by atoms with van der Waals surface area (Å²) in [5.41, 5.74) is 1.60. The highest BCUT2D eigenvalue weighted by molar-refractivity contribution is 7.13. The number of methoxy groups -OCH3 is 1. The number of carbonyl (C=O) groups is 2. The van der Waals surface area contributed by atoms with E-state index in [1.54, 1.807) is 52.7 Å². The van der Waals surface area contributed by atoms with Crippen molar-refractivity contribution >= 4 is 28.9 Å². The minimum absolute atomic E-state index is 0.0905. The molecule has 1 amide bonds. The van der Waals surface area contributed by atoms with Crippen LogP contribution in [0, 0.1) is 0 Å². The van der Waals surface area contributed by atoms with E-state index in [0.29, 0.717) is 11.3 Å². The topological polar surface area (TPSA) is 72.2 Å². The molecule has 1 aromatic carbocycles. The summed E-state index contributed by atoms with van der Waals surface area (Å²) >= 11 is 1.61. The molecule has 2 heterocycles. The van der Waals surface area contributed by atoms with E-state index in [1.165, 1.54) is 7.11 Å². The molecule has 1 N–H and O–H groups in total. The number of rotatable bonds is 5. The van der Waals surface area contributed by atoms with Crippen LogP contribution in [0.25, 0.3) is 10.6 Å². The fourth-order valence-electron chi connectivity index (χ4n) is 2.28. The van der Waals surface area contributed by atoms with Gasteiger partial charge in [0.1, 0.15) is 0 Å². The molecule has 0 radical (unpaired) electrons. The molecule has 0 aliphatic rings. The van der Waals surface area contributed by atoms with Gasteiger partial charge in [-0.25, -0.2) is 9.36 Å². The van der Waals surface area contributed by atoms with E-state index in [4.69, 9.17) is 4.74 Å². The lowest BCUT2D eigenvalue weighted by Crippen LogP contribution is -2.40. The Labute approximate surface area is 148 Å². The van der Waals surface area contributed by atoms with Gasteiger partial charge in [-0.05, 0) is 28.6 Å². The van der Waals surface area contributed by atoms with Crippen LogP contribution in [0.1, 0.15) is 10.4 Å². The molecule has 6 nitrogen and oxygen atoms in total. The van der Waals surface area contributed by atoms with Gasteiger partial charge in [0.25, 0.3) is 12.2 Å². The van der Waals surface area contributed by atoms with Crippen molar-refractivity contribution in [3.05, 3.63) is 65.9 Å². The highest BCUT2D eigenvalue weighted by atomic mass is 32.1. The second-order valence-corrected chi connectivity index (χ2v) is 6.13. The maximum atomic E-state index is 12.2. The van der Waals surface area contributed by atoms with E-state index >= 15 is 0 Å². The molecule has 3 rings (SSSR count). The van der Waals surface area contributed by atoms with E-state index < -0.39 is 5.97 Å². The number of carbonyl (C=O) groups excluding carboxylic acids is 2. The van der Waals surface area contributed by atoms with Crippen LogP contribution in [-0.2, 0) is 16.1 Å². The zero-order chi connectivity index (χ0) is 17.6. The monoisotopic (exact) mass is 354 g/mol. The van der Waals surface area contributed by atoms with Crippen molar-refractivity contribution in [2.75, 3.05) is 12.4 Å². The summed E-state index contributed by atoms with van der Waals surface area (Å²) in [6.07, 6.45) is 3.41. The highest BCUT2D eigenvalue weighted by Gasteiger charge is 2.15. The molecule has 0 saturated heterocycles. The molecule has 0 aliphatic carbocycles. The van der Waals surface area contributed by atoms with Gasteiger partial charge in [-0.15, -0.1) is 11.3 Å². The van der Waals surface area contributed by atoms with Crippen LogP contribution in [0.2, 0.25) is 0 Å². The van der Waals surface area contributed by atoms with Gasteiger partial charge in [-0.2, -0.15) is 0 Å². The summed E-state index contributed by atoms with van der Waals surface area (Å²) in [6.45, 7) is 0.0905. The number of thiophene rings is 1. The number of benzene rings is 1. The number of anilines is 1. The Hall–Kier alpha value is -3.06.